The van der Waals surface area contributed by atoms with Gasteiger partial charge in [-0.25, -0.2) is 0 Å². The molecule has 1 aromatic rings. The van der Waals surface area contributed by atoms with Crippen molar-refractivity contribution in [1.29, 1.82) is 0 Å². The molecule has 1 heterocycles. The average Bonchev–Trinajstić information content (AvgIpc) is 2.42. The maximum absolute atomic E-state index is 10.8. The van der Waals surface area contributed by atoms with Gasteiger partial charge < -0.3 is 0 Å². The van der Waals surface area contributed by atoms with E-state index in [1.165, 1.54) is 25.3 Å². The molecule has 2 rings (SSSR count). The zero-order valence-electron chi connectivity index (χ0n) is 11.1. The first-order valence-electron chi connectivity index (χ1n) is 6.75. The fourth-order valence-corrected chi connectivity index (χ4v) is 2.77. The first kappa shape index (κ1) is 14.3. The van der Waals surface area contributed by atoms with E-state index in [1.807, 2.05) is 0 Å². The summed E-state index contributed by atoms with van der Waals surface area (Å²) in [4.78, 5) is 12.7. The van der Waals surface area contributed by atoms with E-state index < -0.39 is 0 Å². The molecule has 104 valence electrons. The lowest BCUT2D eigenvalue weighted by atomic mass is 9.94. The minimum atomic E-state index is -0.372. The van der Waals surface area contributed by atoms with E-state index in [0.717, 1.165) is 24.6 Å². The van der Waals surface area contributed by atoms with E-state index in [4.69, 9.17) is 11.6 Å². The van der Waals surface area contributed by atoms with Gasteiger partial charge in [0.2, 0.25) is 0 Å². The van der Waals surface area contributed by atoms with Crippen molar-refractivity contribution in [1.82, 2.24) is 4.90 Å². The minimum Gasteiger partial charge on any atom is -0.299 e. The van der Waals surface area contributed by atoms with Crippen LogP contribution in [-0.4, -0.2) is 22.9 Å². The van der Waals surface area contributed by atoms with Gasteiger partial charge in [-0.1, -0.05) is 24.9 Å². The van der Waals surface area contributed by atoms with Crippen molar-refractivity contribution in [2.75, 3.05) is 13.1 Å². The number of nitro groups is 1. The number of hydrogen-bond donors (Lipinski definition) is 0. The van der Waals surface area contributed by atoms with Gasteiger partial charge in [0.15, 0.2) is 0 Å². The summed E-state index contributed by atoms with van der Waals surface area (Å²) >= 11 is 6.13. The summed E-state index contributed by atoms with van der Waals surface area (Å²) in [6.07, 6.45) is 3.66. The van der Waals surface area contributed by atoms with E-state index in [2.05, 4.69) is 11.8 Å². The fourth-order valence-electron chi connectivity index (χ4n) is 2.59. The van der Waals surface area contributed by atoms with Gasteiger partial charge in [0.05, 0.1) is 4.92 Å². The van der Waals surface area contributed by atoms with Crippen LogP contribution in [0.3, 0.4) is 0 Å². The third kappa shape index (κ3) is 3.67. The Morgan fingerprint density at radius 1 is 1.42 bits per heavy atom. The van der Waals surface area contributed by atoms with Crippen LogP contribution in [0.15, 0.2) is 18.2 Å². The molecular weight excluding hydrogens is 264 g/mol. The zero-order chi connectivity index (χ0) is 13.8. The molecule has 4 nitrogen and oxygen atoms in total. The summed E-state index contributed by atoms with van der Waals surface area (Å²) in [6, 6.07) is 4.66. The van der Waals surface area contributed by atoms with Crippen molar-refractivity contribution in [3.63, 3.8) is 0 Å². The largest absolute Gasteiger partial charge is 0.299 e. The van der Waals surface area contributed by atoms with Crippen LogP contribution in [0, 0.1) is 16.0 Å². The number of halogens is 1. The number of rotatable bonds is 4. The van der Waals surface area contributed by atoms with Crippen molar-refractivity contribution in [3.05, 3.63) is 38.9 Å². The lowest BCUT2D eigenvalue weighted by Gasteiger charge is -2.31. The summed E-state index contributed by atoms with van der Waals surface area (Å²) in [5.74, 6) is 0.830. The maximum Gasteiger partial charge on any atom is 0.269 e. The van der Waals surface area contributed by atoms with Crippen molar-refractivity contribution in [3.8, 4) is 0 Å². The van der Waals surface area contributed by atoms with Gasteiger partial charge in [-0.05, 0) is 43.5 Å². The highest BCUT2D eigenvalue weighted by molar-refractivity contribution is 6.31. The molecule has 1 aromatic carbocycles. The van der Waals surface area contributed by atoms with Gasteiger partial charge >= 0.3 is 0 Å². The van der Waals surface area contributed by atoms with Gasteiger partial charge in [0, 0.05) is 23.7 Å². The fraction of sp³-hybridized carbons (Fsp3) is 0.571. The Kier molecular flexibility index (Phi) is 4.77. The van der Waals surface area contributed by atoms with Crippen LogP contribution in [-0.2, 0) is 6.54 Å². The SMILES string of the molecule is CCC1CCN(Cc2cc([N+](=O)[O-])ccc2Cl)CC1. The van der Waals surface area contributed by atoms with Crippen LogP contribution in [0.25, 0.3) is 0 Å². The van der Waals surface area contributed by atoms with E-state index >= 15 is 0 Å². The van der Waals surface area contributed by atoms with Crippen LogP contribution < -0.4 is 0 Å². The first-order chi connectivity index (χ1) is 9.10. The van der Waals surface area contributed by atoms with Crippen LogP contribution in [0.2, 0.25) is 5.02 Å². The van der Waals surface area contributed by atoms with Gasteiger partial charge in [0.1, 0.15) is 0 Å². The van der Waals surface area contributed by atoms with Crippen LogP contribution in [0.5, 0.6) is 0 Å². The molecule has 0 N–H and O–H groups in total. The Hall–Kier alpha value is -1.13. The number of nitrogens with zero attached hydrogens (tertiary/aromatic N) is 2. The molecule has 0 atom stereocenters. The van der Waals surface area contributed by atoms with E-state index in [9.17, 15) is 10.1 Å². The summed E-state index contributed by atoms with van der Waals surface area (Å²) in [5.41, 5.74) is 0.966. The lowest BCUT2D eigenvalue weighted by molar-refractivity contribution is -0.384. The van der Waals surface area contributed by atoms with Gasteiger partial charge in [-0.2, -0.15) is 0 Å². The van der Waals surface area contributed by atoms with E-state index in [-0.39, 0.29) is 10.6 Å². The Morgan fingerprint density at radius 3 is 2.68 bits per heavy atom. The number of likely N-dealkylation sites (tertiary alicyclic amines) is 1. The average molecular weight is 283 g/mol. The third-order valence-electron chi connectivity index (χ3n) is 3.92. The highest BCUT2D eigenvalue weighted by Crippen LogP contribution is 2.26. The van der Waals surface area contributed by atoms with Crippen molar-refractivity contribution >= 4 is 17.3 Å². The lowest BCUT2D eigenvalue weighted by Crippen LogP contribution is -2.33. The third-order valence-corrected chi connectivity index (χ3v) is 4.29. The smallest absolute Gasteiger partial charge is 0.269 e. The topological polar surface area (TPSA) is 46.4 Å². The molecule has 1 saturated heterocycles. The molecular formula is C14H19ClN2O2. The van der Waals surface area contributed by atoms with Gasteiger partial charge in [-0.3, -0.25) is 15.0 Å². The van der Waals surface area contributed by atoms with Crippen molar-refractivity contribution in [2.24, 2.45) is 5.92 Å². The molecule has 0 spiro atoms. The molecule has 0 aliphatic carbocycles. The highest BCUT2D eigenvalue weighted by Gasteiger charge is 2.19. The van der Waals surface area contributed by atoms with Crippen molar-refractivity contribution < 1.29 is 4.92 Å². The summed E-state index contributed by atoms with van der Waals surface area (Å²) in [7, 11) is 0. The molecule has 0 radical (unpaired) electrons. The summed E-state index contributed by atoms with van der Waals surface area (Å²) < 4.78 is 0. The molecule has 5 heteroatoms. The first-order valence-corrected chi connectivity index (χ1v) is 7.13. The quantitative estimate of drug-likeness (QED) is 0.622. The number of piperidine rings is 1. The normalized spacial score (nSPS) is 17.6. The summed E-state index contributed by atoms with van der Waals surface area (Å²) in [5, 5.41) is 11.4. The van der Waals surface area contributed by atoms with Gasteiger partial charge in [-0.15, -0.1) is 0 Å². The van der Waals surface area contributed by atoms with Crippen LogP contribution in [0.4, 0.5) is 5.69 Å². The molecule has 1 fully saturated rings. The second kappa shape index (κ2) is 6.35. The van der Waals surface area contributed by atoms with E-state index in [0.29, 0.717) is 11.6 Å². The number of hydrogen-bond acceptors (Lipinski definition) is 3. The van der Waals surface area contributed by atoms with Crippen LogP contribution >= 0.6 is 11.6 Å². The highest BCUT2D eigenvalue weighted by atomic mass is 35.5. The molecule has 19 heavy (non-hydrogen) atoms. The van der Waals surface area contributed by atoms with Crippen LogP contribution in [0.1, 0.15) is 31.7 Å². The molecule has 0 unspecified atom stereocenters. The molecule has 1 aliphatic heterocycles. The number of benzene rings is 1. The second-order valence-corrected chi connectivity index (χ2v) is 5.57. The molecule has 0 saturated carbocycles. The Bertz CT molecular complexity index is 457. The summed E-state index contributed by atoms with van der Waals surface area (Å²) in [6.45, 7) is 5.05. The standard InChI is InChI=1S/C14H19ClN2O2/c1-2-11-5-7-16(8-6-11)10-12-9-13(17(18)19)3-4-14(12)15/h3-4,9,11H,2,5-8,10H2,1H3. The maximum atomic E-state index is 10.8. The Labute approximate surface area is 118 Å². The van der Waals surface area contributed by atoms with Gasteiger partial charge in [0.25, 0.3) is 5.69 Å². The number of non-ortho nitro benzene ring substituents is 1. The molecule has 0 bridgehead atoms. The minimum absolute atomic E-state index is 0.114. The Balaban J connectivity index is 2.03. The molecule has 1 aliphatic rings. The predicted octanol–water partition coefficient (Wildman–Crippen LogP) is 3.87. The molecule has 0 aromatic heterocycles. The second-order valence-electron chi connectivity index (χ2n) is 5.16. The predicted molar refractivity (Wildman–Crippen MR) is 76.4 cm³/mol. The Morgan fingerprint density at radius 2 is 2.11 bits per heavy atom. The number of nitro benzene ring substituents is 1. The zero-order valence-corrected chi connectivity index (χ0v) is 11.9. The monoisotopic (exact) mass is 282 g/mol. The molecule has 0 amide bonds. The van der Waals surface area contributed by atoms with E-state index in [1.54, 1.807) is 12.1 Å². The van der Waals surface area contributed by atoms with Crippen molar-refractivity contribution in [2.45, 2.75) is 32.7 Å².